The van der Waals surface area contributed by atoms with Crippen LogP contribution in [0.2, 0.25) is 0 Å². The number of fused-ring (bicyclic) bond motifs is 1. The number of nitrogens with one attached hydrogen (secondary N) is 1. The summed E-state index contributed by atoms with van der Waals surface area (Å²) in [5, 5.41) is 3.00. The monoisotopic (exact) mass is 423 g/mol. The molecule has 1 aliphatic heterocycles. The first-order valence-corrected chi connectivity index (χ1v) is 10.9. The summed E-state index contributed by atoms with van der Waals surface area (Å²) in [5.74, 6) is -0.108. The lowest BCUT2D eigenvalue weighted by Crippen LogP contribution is -2.44. The Balaban J connectivity index is 1.45. The lowest BCUT2D eigenvalue weighted by Gasteiger charge is -2.42. The van der Waals surface area contributed by atoms with Gasteiger partial charge in [0.05, 0.1) is 30.3 Å². The average molecular weight is 424 g/mol. The van der Waals surface area contributed by atoms with Crippen molar-refractivity contribution in [2.75, 3.05) is 19.0 Å². The second kappa shape index (κ2) is 8.50. The number of hydrogen-bond donors (Lipinski definition) is 1. The van der Waals surface area contributed by atoms with Crippen LogP contribution in [-0.2, 0) is 9.53 Å². The zero-order valence-corrected chi connectivity index (χ0v) is 18.6. The summed E-state index contributed by atoms with van der Waals surface area (Å²) >= 11 is 0. The van der Waals surface area contributed by atoms with E-state index in [0.29, 0.717) is 18.7 Å². The number of nitrogens with zero attached hydrogens (tertiary/aromatic N) is 2. The molecule has 1 aromatic rings. The van der Waals surface area contributed by atoms with Gasteiger partial charge < -0.3 is 10.1 Å². The van der Waals surface area contributed by atoms with Gasteiger partial charge in [-0.1, -0.05) is 11.6 Å². The fourth-order valence-electron chi connectivity index (χ4n) is 4.91. The molecule has 1 spiro atoms. The number of allylic oxidation sites excluding steroid dienone is 4. The first-order chi connectivity index (χ1) is 14.8. The summed E-state index contributed by atoms with van der Waals surface area (Å²) in [6, 6.07) is 3.79. The van der Waals surface area contributed by atoms with Crippen molar-refractivity contribution in [3.05, 3.63) is 53.7 Å². The maximum atomic E-state index is 13.6. The Morgan fingerprint density at radius 2 is 2.10 bits per heavy atom. The number of aliphatic imine (C=N–C) groups is 1. The highest BCUT2D eigenvalue weighted by molar-refractivity contribution is 6.22. The molecule has 2 aliphatic carbocycles. The minimum absolute atomic E-state index is 0.0383. The predicted molar refractivity (Wildman–Crippen MR) is 122 cm³/mol. The number of ether oxygens (including phenoxy) is 1. The van der Waals surface area contributed by atoms with Gasteiger partial charge in [0, 0.05) is 30.7 Å². The van der Waals surface area contributed by atoms with E-state index in [4.69, 9.17) is 4.74 Å². The number of hydrogen-bond acceptors (Lipinski definition) is 4. The minimum atomic E-state index is -0.277. The van der Waals surface area contributed by atoms with Gasteiger partial charge in [-0.3, -0.25) is 14.8 Å². The van der Waals surface area contributed by atoms with Crippen molar-refractivity contribution in [2.24, 2.45) is 22.2 Å². The molecule has 4 rings (SSSR count). The number of halogens is 1. The molecule has 3 unspecified atom stereocenters. The molecular formula is C25H30FN3O2. The van der Waals surface area contributed by atoms with Gasteiger partial charge in [-0.2, -0.15) is 0 Å². The number of carbonyl (C=O) groups is 1. The molecule has 1 N–H and O–H groups in total. The zero-order valence-electron chi connectivity index (χ0n) is 18.6. The molecule has 2 heterocycles. The van der Waals surface area contributed by atoms with E-state index in [0.717, 1.165) is 35.4 Å². The number of rotatable bonds is 5. The lowest BCUT2D eigenvalue weighted by molar-refractivity contribution is -0.122. The van der Waals surface area contributed by atoms with Gasteiger partial charge in [-0.15, -0.1) is 0 Å². The average Bonchev–Trinajstić information content (AvgIpc) is 3.52. The molecule has 0 bridgehead atoms. The fraction of sp³-hybridized carbons (Fsp3) is 0.480. The third-order valence-corrected chi connectivity index (χ3v) is 6.79. The maximum absolute atomic E-state index is 13.6. The summed E-state index contributed by atoms with van der Waals surface area (Å²) < 4.78 is 19.6. The largest absolute Gasteiger partial charge is 0.373 e. The summed E-state index contributed by atoms with van der Waals surface area (Å²) in [6.07, 6.45) is 8.86. The van der Waals surface area contributed by atoms with E-state index in [-0.39, 0.29) is 35.1 Å². The van der Waals surface area contributed by atoms with Crippen molar-refractivity contribution in [1.82, 2.24) is 4.98 Å². The lowest BCUT2D eigenvalue weighted by atomic mass is 9.71. The summed E-state index contributed by atoms with van der Waals surface area (Å²) in [6.45, 7) is 6.65. The van der Waals surface area contributed by atoms with Gasteiger partial charge in [0.2, 0.25) is 5.91 Å². The Hall–Kier alpha value is -2.60. The van der Waals surface area contributed by atoms with Gasteiger partial charge in [-0.25, -0.2) is 4.39 Å². The zero-order chi connectivity index (χ0) is 22.2. The highest BCUT2D eigenvalue weighted by atomic mass is 19.1. The standard InChI is InChI=1S/C25H30FN3O2/c1-15(2)24(16(3)27-4)21-8-6-18(13-28-21)29-23(30)12-20-19-7-5-17(26)11-22(19)31-14-25(20)9-10-25/h5-8,11,13,19-20,22H,9-10,12,14H2,1-4H3,(H,29,30). The maximum Gasteiger partial charge on any atom is 0.224 e. The first-order valence-electron chi connectivity index (χ1n) is 10.9. The smallest absolute Gasteiger partial charge is 0.224 e. The van der Waals surface area contributed by atoms with Crippen LogP contribution in [0.1, 0.15) is 45.7 Å². The Morgan fingerprint density at radius 3 is 2.71 bits per heavy atom. The van der Waals surface area contributed by atoms with Crippen LogP contribution in [0.3, 0.4) is 0 Å². The molecule has 1 aromatic heterocycles. The van der Waals surface area contributed by atoms with Crippen LogP contribution in [-0.4, -0.2) is 36.4 Å². The molecule has 164 valence electrons. The van der Waals surface area contributed by atoms with Crippen LogP contribution < -0.4 is 5.32 Å². The molecule has 6 heteroatoms. The van der Waals surface area contributed by atoms with E-state index < -0.39 is 0 Å². The molecule has 2 fully saturated rings. The molecule has 1 amide bonds. The van der Waals surface area contributed by atoms with Gasteiger partial charge in [0.15, 0.2) is 0 Å². The third-order valence-electron chi connectivity index (χ3n) is 6.79. The summed E-state index contributed by atoms with van der Waals surface area (Å²) in [5.41, 5.74) is 4.66. The first kappa shape index (κ1) is 21.6. The second-order valence-electron chi connectivity index (χ2n) is 9.10. The highest BCUT2D eigenvalue weighted by Gasteiger charge is 2.56. The van der Waals surface area contributed by atoms with Crippen LogP contribution >= 0.6 is 0 Å². The molecule has 5 nitrogen and oxygen atoms in total. The van der Waals surface area contributed by atoms with Gasteiger partial charge >= 0.3 is 0 Å². The molecule has 31 heavy (non-hydrogen) atoms. The normalized spacial score (nSPS) is 26.2. The fourth-order valence-corrected chi connectivity index (χ4v) is 4.91. The Morgan fingerprint density at radius 1 is 1.32 bits per heavy atom. The third kappa shape index (κ3) is 4.40. The number of anilines is 1. The van der Waals surface area contributed by atoms with Crippen molar-refractivity contribution >= 4 is 22.9 Å². The minimum Gasteiger partial charge on any atom is -0.373 e. The second-order valence-corrected chi connectivity index (χ2v) is 9.10. The number of aromatic nitrogens is 1. The number of amides is 1. The van der Waals surface area contributed by atoms with Crippen molar-refractivity contribution in [3.63, 3.8) is 0 Å². The van der Waals surface area contributed by atoms with E-state index >= 15 is 0 Å². The Bertz CT molecular complexity index is 983. The van der Waals surface area contributed by atoms with Gasteiger partial charge in [0.1, 0.15) is 5.83 Å². The van der Waals surface area contributed by atoms with E-state index in [9.17, 15) is 9.18 Å². The van der Waals surface area contributed by atoms with E-state index in [1.807, 2.05) is 39.0 Å². The molecule has 1 saturated heterocycles. The van der Waals surface area contributed by atoms with Crippen molar-refractivity contribution in [2.45, 2.75) is 46.1 Å². The quantitative estimate of drug-likeness (QED) is 0.668. The van der Waals surface area contributed by atoms with Crippen LogP contribution in [0.4, 0.5) is 10.1 Å². The van der Waals surface area contributed by atoms with Crippen LogP contribution in [0.15, 0.2) is 53.0 Å². The van der Waals surface area contributed by atoms with Gasteiger partial charge in [0.25, 0.3) is 0 Å². The molecule has 0 radical (unpaired) electrons. The van der Waals surface area contributed by atoms with Crippen LogP contribution in [0.5, 0.6) is 0 Å². The van der Waals surface area contributed by atoms with Crippen molar-refractivity contribution in [3.8, 4) is 0 Å². The summed E-state index contributed by atoms with van der Waals surface area (Å²) in [4.78, 5) is 21.7. The topological polar surface area (TPSA) is 63.6 Å². The number of pyridine rings is 1. The SMILES string of the molecule is CN=C(C)C(=C(C)C)c1ccc(NC(=O)CC2C3C=CC(F)=CC3OCC23CC3)cn1. The Kier molecular flexibility index (Phi) is 5.93. The molecule has 3 aliphatic rings. The Labute approximate surface area is 183 Å². The van der Waals surface area contributed by atoms with Crippen LogP contribution in [0.25, 0.3) is 5.57 Å². The van der Waals surface area contributed by atoms with E-state index in [1.165, 1.54) is 12.2 Å². The summed E-state index contributed by atoms with van der Waals surface area (Å²) in [7, 11) is 1.77. The van der Waals surface area contributed by atoms with Gasteiger partial charge in [-0.05, 0) is 69.2 Å². The molecule has 3 atom stereocenters. The molecule has 0 aromatic carbocycles. The van der Waals surface area contributed by atoms with E-state index in [1.54, 1.807) is 13.2 Å². The predicted octanol–water partition coefficient (Wildman–Crippen LogP) is 5.13. The highest BCUT2D eigenvalue weighted by Crippen LogP contribution is 2.59. The van der Waals surface area contributed by atoms with E-state index in [2.05, 4.69) is 15.3 Å². The van der Waals surface area contributed by atoms with Crippen LogP contribution in [0, 0.1) is 17.3 Å². The number of carbonyl (C=O) groups excluding carboxylic acids is 1. The van der Waals surface area contributed by atoms with Crippen molar-refractivity contribution in [1.29, 1.82) is 0 Å². The van der Waals surface area contributed by atoms with Crippen molar-refractivity contribution < 1.29 is 13.9 Å². The molecular weight excluding hydrogens is 393 g/mol. The molecule has 1 saturated carbocycles.